The summed E-state index contributed by atoms with van der Waals surface area (Å²) in [5.41, 5.74) is -2.54. The van der Waals surface area contributed by atoms with E-state index in [1.807, 2.05) is 0 Å². The molecule has 2 rings (SSSR count). The molecule has 0 aliphatic heterocycles. The van der Waals surface area contributed by atoms with Crippen LogP contribution in [-0.2, 0) is 17.5 Å². The molecule has 2 aromatic rings. The van der Waals surface area contributed by atoms with Crippen LogP contribution in [-0.4, -0.2) is 15.6 Å². The first kappa shape index (κ1) is 15.6. The van der Waals surface area contributed by atoms with Crippen molar-refractivity contribution in [1.82, 2.24) is 4.57 Å². The van der Waals surface area contributed by atoms with E-state index < -0.39 is 29.8 Å². The number of nitrogens with one attached hydrogen (secondary N) is 1. The second-order valence-electron chi connectivity index (χ2n) is 4.42. The molecule has 116 valence electrons. The fourth-order valence-corrected chi connectivity index (χ4v) is 1.80. The summed E-state index contributed by atoms with van der Waals surface area (Å²) >= 11 is 0. The number of aromatic hydroxyl groups is 1. The number of hydrogen-bond donors (Lipinski definition) is 2. The fraction of sp³-hybridized carbons (Fsp3) is 0.143. The van der Waals surface area contributed by atoms with Gasteiger partial charge in [-0.3, -0.25) is 9.59 Å². The summed E-state index contributed by atoms with van der Waals surface area (Å²) in [6.45, 7) is -0.600. The summed E-state index contributed by atoms with van der Waals surface area (Å²) in [6.07, 6.45) is -3.70. The first-order valence-electron chi connectivity index (χ1n) is 6.13. The first-order chi connectivity index (χ1) is 10.3. The molecule has 22 heavy (non-hydrogen) atoms. The van der Waals surface area contributed by atoms with Crippen LogP contribution in [0.15, 0.2) is 47.4 Å². The predicted octanol–water partition coefficient (Wildman–Crippen LogP) is 2.21. The van der Waals surface area contributed by atoms with Gasteiger partial charge in [0, 0.05) is 6.20 Å². The van der Waals surface area contributed by atoms with Gasteiger partial charge in [0.15, 0.2) is 0 Å². The Hall–Kier alpha value is -2.77. The highest BCUT2D eigenvalue weighted by atomic mass is 19.4. The van der Waals surface area contributed by atoms with Gasteiger partial charge in [-0.2, -0.15) is 13.2 Å². The first-order valence-corrected chi connectivity index (χ1v) is 6.13. The topological polar surface area (TPSA) is 71.3 Å². The molecule has 0 fully saturated rings. The number of aromatic nitrogens is 1. The van der Waals surface area contributed by atoms with Gasteiger partial charge >= 0.3 is 6.18 Å². The minimum atomic E-state index is -4.78. The molecule has 0 saturated carbocycles. The summed E-state index contributed by atoms with van der Waals surface area (Å²) in [4.78, 5) is 23.5. The highest BCUT2D eigenvalue weighted by Gasteiger charge is 2.34. The Morgan fingerprint density at radius 1 is 1.18 bits per heavy atom. The Morgan fingerprint density at radius 3 is 2.50 bits per heavy atom. The number of pyridine rings is 1. The molecule has 0 aliphatic carbocycles. The molecule has 5 nitrogen and oxygen atoms in total. The number of benzene rings is 1. The highest BCUT2D eigenvalue weighted by molar-refractivity contribution is 5.91. The van der Waals surface area contributed by atoms with Crippen LogP contribution in [0.1, 0.15) is 5.56 Å². The fourth-order valence-electron chi connectivity index (χ4n) is 1.80. The third kappa shape index (κ3) is 3.46. The van der Waals surface area contributed by atoms with Gasteiger partial charge in [0.2, 0.25) is 5.91 Å². The van der Waals surface area contributed by atoms with Crippen molar-refractivity contribution in [3.63, 3.8) is 0 Å². The highest BCUT2D eigenvalue weighted by Crippen LogP contribution is 2.26. The number of alkyl halides is 3. The van der Waals surface area contributed by atoms with Crippen molar-refractivity contribution < 1.29 is 23.1 Å². The smallest absolute Gasteiger partial charge is 0.421 e. The van der Waals surface area contributed by atoms with E-state index in [-0.39, 0.29) is 11.4 Å². The predicted molar refractivity (Wildman–Crippen MR) is 72.4 cm³/mol. The van der Waals surface area contributed by atoms with Gasteiger partial charge in [-0.1, -0.05) is 12.1 Å². The number of nitrogens with zero attached hydrogens (tertiary/aromatic N) is 1. The molecular weight excluding hydrogens is 301 g/mol. The average molecular weight is 312 g/mol. The van der Waals surface area contributed by atoms with Crippen molar-refractivity contribution in [2.45, 2.75) is 12.7 Å². The van der Waals surface area contributed by atoms with Crippen molar-refractivity contribution in [1.29, 1.82) is 0 Å². The van der Waals surface area contributed by atoms with Crippen LogP contribution in [0, 0.1) is 0 Å². The number of rotatable bonds is 3. The largest absolute Gasteiger partial charge is 0.506 e. The van der Waals surface area contributed by atoms with Gasteiger partial charge in [0.05, 0.1) is 5.69 Å². The van der Waals surface area contributed by atoms with Crippen molar-refractivity contribution in [2.75, 3.05) is 5.32 Å². The number of carbonyl (C=O) groups excluding carboxylic acids is 1. The van der Waals surface area contributed by atoms with E-state index in [0.29, 0.717) is 10.6 Å². The van der Waals surface area contributed by atoms with Crippen LogP contribution in [0.5, 0.6) is 5.75 Å². The lowest BCUT2D eigenvalue weighted by atomic mass is 10.2. The average Bonchev–Trinajstić information content (AvgIpc) is 2.42. The summed E-state index contributed by atoms with van der Waals surface area (Å²) < 4.78 is 38.5. The van der Waals surface area contributed by atoms with Crippen LogP contribution >= 0.6 is 0 Å². The van der Waals surface area contributed by atoms with E-state index in [4.69, 9.17) is 0 Å². The van der Waals surface area contributed by atoms with Crippen LogP contribution in [0.3, 0.4) is 0 Å². The summed E-state index contributed by atoms with van der Waals surface area (Å²) in [6, 6.07) is 7.56. The maximum Gasteiger partial charge on any atom is 0.421 e. The Kier molecular flexibility index (Phi) is 4.20. The Bertz CT molecular complexity index is 753. The molecule has 0 radical (unpaired) electrons. The van der Waals surface area contributed by atoms with Gasteiger partial charge in [-0.15, -0.1) is 0 Å². The second kappa shape index (κ2) is 5.92. The number of para-hydroxylation sites is 2. The van der Waals surface area contributed by atoms with E-state index >= 15 is 0 Å². The zero-order chi connectivity index (χ0) is 16.3. The maximum absolute atomic E-state index is 12.6. The number of phenols is 1. The number of carbonyl (C=O) groups is 1. The summed E-state index contributed by atoms with van der Waals surface area (Å²) in [5, 5.41) is 11.8. The SMILES string of the molecule is O=C(Cn1cccc(C(F)(F)F)c1=O)Nc1ccccc1O. The molecule has 0 unspecified atom stereocenters. The molecule has 0 atom stereocenters. The third-order valence-electron chi connectivity index (χ3n) is 2.82. The molecule has 2 N–H and O–H groups in total. The lowest BCUT2D eigenvalue weighted by Crippen LogP contribution is -2.31. The lowest BCUT2D eigenvalue weighted by Gasteiger charge is -2.11. The van der Waals surface area contributed by atoms with Gasteiger partial charge in [-0.05, 0) is 24.3 Å². The number of halogens is 3. The minimum absolute atomic E-state index is 0.104. The molecule has 1 heterocycles. The Labute approximate surface area is 122 Å². The maximum atomic E-state index is 12.6. The van der Waals surface area contributed by atoms with E-state index in [0.717, 1.165) is 12.3 Å². The van der Waals surface area contributed by atoms with Crippen LogP contribution in [0.2, 0.25) is 0 Å². The normalized spacial score (nSPS) is 11.2. The lowest BCUT2D eigenvalue weighted by molar-refractivity contribution is -0.139. The number of amides is 1. The molecule has 1 amide bonds. The van der Waals surface area contributed by atoms with E-state index in [1.165, 1.54) is 12.1 Å². The Balaban J connectivity index is 2.20. The number of phenolic OH excluding ortho intramolecular Hbond substituents is 1. The van der Waals surface area contributed by atoms with Crippen LogP contribution in [0.4, 0.5) is 18.9 Å². The van der Waals surface area contributed by atoms with Crippen LogP contribution < -0.4 is 10.9 Å². The quantitative estimate of drug-likeness (QED) is 0.854. The molecule has 0 spiro atoms. The van der Waals surface area contributed by atoms with Gasteiger partial charge in [0.1, 0.15) is 17.9 Å². The van der Waals surface area contributed by atoms with Gasteiger partial charge < -0.3 is 15.0 Å². The molecule has 0 bridgehead atoms. The Morgan fingerprint density at radius 2 is 1.86 bits per heavy atom. The van der Waals surface area contributed by atoms with Crippen molar-refractivity contribution in [3.05, 3.63) is 58.5 Å². The van der Waals surface area contributed by atoms with E-state index in [1.54, 1.807) is 12.1 Å². The van der Waals surface area contributed by atoms with Gasteiger partial charge in [0.25, 0.3) is 5.56 Å². The zero-order valence-corrected chi connectivity index (χ0v) is 11.1. The van der Waals surface area contributed by atoms with Crippen LogP contribution in [0.25, 0.3) is 0 Å². The van der Waals surface area contributed by atoms with Crippen molar-refractivity contribution in [3.8, 4) is 5.75 Å². The second-order valence-corrected chi connectivity index (χ2v) is 4.42. The molecule has 1 aromatic carbocycles. The molecular formula is C14H11F3N2O3. The minimum Gasteiger partial charge on any atom is -0.506 e. The van der Waals surface area contributed by atoms with Gasteiger partial charge in [-0.25, -0.2) is 0 Å². The zero-order valence-electron chi connectivity index (χ0n) is 11.1. The number of hydrogen-bond acceptors (Lipinski definition) is 3. The number of anilines is 1. The third-order valence-corrected chi connectivity index (χ3v) is 2.82. The van der Waals surface area contributed by atoms with E-state index in [9.17, 15) is 27.9 Å². The molecule has 1 aromatic heterocycles. The summed E-state index contributed by atoms with van der Waals surface area (Å²) in [7, 11) is 0. The van der Waals surface area contributed by atoms with E-state index in [2.05, 4.69) is 5.32 Å². The van der Waals surface area contributed by atoms with Crippen molar-refractivity contribution in [2.24, 2.45) is 0 Å². The standard InChI is InChI=1S/C14H11F3N2O3/c15-14(16,17)9-4-3-7-19(13(9)22)8-12(21)18-10-5-1-2-6-11(10)20/h1-7,20H,8H2,(H,18,21). The molecule has 8 heteroatoms. The summed E-state index contributed by atoms with van der Waals surface area (Å²) in [5.74, 6) is -0.921. The monoisotopic (exact) mass is 312 g/mol. The molecule has 0 saturated heterocycles. The van der Waals surface area contributed by atoms with Crippen molar-refractivity contribution >= 4 is 11.6 Å². The molecule has 0 aliphatic rings.